The molecule has 9 heteroatoms. The molecule has 1 aromatic rings. The standard InChI is InChI=1S/C23H27N5O3S/c1-24-22-12-11-21(25-22)23(29)26-20-10-9-17(13-19(20)16-7-5-4-6-8-16)18-14-27(2)32(30,31)28(3)15-18/h7,9-10,12-13,18H,4-6,8,11,14-15H2,2-3H3,(H,26,29). The molecule has 1 fully saturated rings. The van der Waals surface area contributed by atoms with Gasteiger partial charge in [-0.05, 0) is 49.0 Å². The lowest BCUT2D eigenvalue weighted by atomic mass is 9.89. The number of benzene rings is 1. The van der Waals surface area contributed by atoms with E-state index in [2.05, 4.69) is 27.3 Å². The minimum Gasteiger partial charge on any atom is -0.361 e. The Labute approximate surface area is 189 Å². The molecule has 0 radical (unpaired) electrons. The van der Waals surface area contributed by atoms with Crippen LogP contribution in [0.2, 0.25) is 0 Å². The van der Waals surface area contributed by atoms with Crippen LogP contribution in [0, 0.1) is 6.57 Å². The molecule has 1 saturated heterocycles. The molecule has 0 saturated carbocycles. The second-order valence-corrected chi connectivity index (χ2v) is 10.6. The van der Waals surface area contributed by atoms with Crippen molar-refractivity contribution in [2.45, 2.75) is 38.0 Å². The Morgan fingerprint density at radius 1 is 1.19 bits per heavy atom. The van der Waals surface area contributed by atoms with E-state index in [0.29, 0.717) is 25.2 Å². The Morgan fingerprint density at radius 2 is 1.94 bits per heavy atom. The van der Waals surface area contributed by atoms with Gasteiger partial charge in [0.1, 0.15) is 0 Å². The Hall–Kier alpha value is -2.80. The molecule has 1 aliphatic carbocycles. The third-order valence-electron chi connectivity index (χ3n) is 6.25. The van der Waals surface area contributed by atoms with Crippen molar-refractivity contribution in [1.29, 1.82) is 0 Å². The maximum absolute atomic E-state index is 12.8. The lowest BCUT2D eigenvalue weighted by Crippen LogP contribution is -2.49. The van der Waals surface area contributed by atoms with Crippen molar-refractivity contribution in [1.82, 2.24) is 8.61 Å². The smallest absolute Gasteiger partial charge is 0.293 e. The number of carbonyl (C=O) groups excluding carboxylic acids is 1. The molecule has 0 bridgehead atoms. The fraction of sp³-hybridized carbons (Fsp3) is 0.435. The van der Waals surface area contributed by atoms with Gasteiger partial charge in [-0.3, -0.25) is 4.79 Å². The number of anilines is 1. The summed E-state index contributed by atoms with van der Waals surface area (Å²) in [6, 6.07) is 5.96. The van der Waals surface area contributed by atoms with Crippen LogP contribution in [0.1, 0.15) is 49.1 Å². The molecular formula is C23H27N5O3S. The Bertz CT molecular complexity index is 1160. The quantitative estimate of drug-likeness (QED) is 0.709. The zero-order chi connectivity index (χ0) is 22.9. The Morgan fingerprint density at radius 3 is 2.56 bits per heavy atom. The summed E-state index contributed by atoms with van der Waals surface area (Å²) in [4.78, 5) is 20.2. The van der Waals surface area contributed by atoms with Crippen molar-refractivity contribution in [2.75, 3.05) is 32.5 Å². The van der Waals surface area contributed by atoms with Crippen molar-refractivity contribution in [3.63, 3.8) is 0 Å². The normalized spacial score (nSPS) is 22.0. The summed E-state index contributed by atoms with van der Waals surface area (Å²) in [5, 5.41) is 2.99. The van der Waals surface area contributed by atoms with Crippen LogP contribution in [0.5, 0.6) is 0 Å². The summed E-state index contributed by atoms with van der Waals surface area (Å²) in [6.45, 7) is 7.89. The van der Waals surface area contributed by atoms with Gasteiger partial charge in [0.2, 0.25) is 0 Å². The minimum atomic E-state index is -3.39. The third kappa shape index (κ3) is 4.39. The molecule has 3 aliphatic rings. The highest BCUT2D eigenvalue weighted by Gasteiger charge is 2.34. The number of allylic oxidation sites excluding steroid dienone is 3. The molecule has 2 heterocycles. The molecule has 8 nitrogen and oxygen atoms in total. The highest BCUT2D eigenvalue weighted by atomic mass is 32.2. The number of carbonyl (C=O) groups is 1. The lowest BCUT2D eigenvalue weighted by molar-refractivity contribution is -0.110. The van der Waals surface area contributed by atoms with Crippen LogP contribution in [-0.2, 0) is 15.0 Å². The van der Waals surface area contributed by atoms with Gasteiger partial charge in [0.25, 0.3) is 21.9 Å². The zero-order valence-electron chi connectivity index (χ0n) is 18.3. The van der Waals surface area contributed by atoms with Gasteiger partial charge < -0.3 is 10.2 Å². The molecular weight excluding hydrogens is 426 g/mol. The van der Waals surface area contributed by atoms with Crippen molar-refractivity contribution in [3.05, 3.63) is 58.7 Å². The van der Waals surface area contributed by atoms with Crippen molar-refractivity contribution in [2.24, 2.45) is 4.99 Å². The van der Waals surface area contributed by atoms with Crippen LogP contribution in [0.15, 0.2) is 41.2 Å². The first-order valence-corrected chi connectivity index (χ1v) is 12.2. The van der Waals surface area contributed by atoms with Crippen LogP contribution in [0.25, 0.3) is 10.4 Å². The van der Waals surface area contributed by atoms with Gasteiger partial charge in [0.05, 0.1) is 0 Å². The molecule has 0 aromatic heterocycles. The first kappa shape index (κ1) is 22.4. The number of nitrogens with one attached hydrogen (secondary N) is 1. The number of likely N-dealkylation sites (N-methyl/N-ethyl adjacent to an activating group) is 2. The van der Waals surface area contributed by atoms with Crippen LogP contribution in [0.3, 0.4) is 0 Å². The zero-order valence-corrected chi connectivity index (χ0v) is 19.2. The molecule has 1 N–H and O–H groups in total. The fourth-order valence-corrected chi connectivity index (χ4v) is 5.63. The summed E-state index contributed by atoms with van der Waals surface area (Å²) in [6.07, 6.45) is 8.44. The predicted octanol–water partition coefficient (Wildman–Crippen LogP) is 3.39. The van der Waals surface area contributed by atoms with Gasteiger partial charge in [0, 0.05) is 50.8 Å². The molecule has 1 aromatic carbocycles. The highest BCUT2D eigenvalue weighted by Crippen LogP contribution is 2.35. The monoisotopic (exact) mass is 453 g/mol. The molecule has 1 amide bonds. The number of rotatable bonds is 4. The average molecular weight is 454 g/mol. The summed E-state index contributed by atoms with van der Waals surface area (Å²) < 4.78 is 27.4. The first-order chi connectivity index (χ1) is 15.3. The van der Waals surface area contributed by atoms with E-state index in [1.54, 1.807) is 20.2 Å². The van der Waals surface area contributed by atoms with Crippen molar-refractivity contribution in [3.8, 4) is 0 Å². The average Bonchev–Trinajstić information content (AvgIpc) is 3.28. The van der Waals surface area contributed by atoms with E-state index >= 15 is 0 Å². The second kappa shape index (κ2) is 8.98. The molecule has 2 aliphatic heterocycles. The summed E-state index contributed by atoms with van der Waals surface area (Å²) >= 11 is 0. The van der Waals surface area contributed by atoms with Gasteiger partial charge in [0.15, 0.2) is 5.71 Å². The second-order valence-electron chi connectivity index (χ2n) is 8.44. The fourth-order valence-electron chi connectivity index (χ4n) is 4.41. The molecule has 0 atom stereocenters. The Kier molecular flexibility index (Phi) is 6.29. The third-order valence-corrected chi connectivity index (χ3v) is 8.12. The largest absolute Gasteiger partial charge is 0.361 e. The van der Waals surface area contributed by atoms with Gasteiger partial charge in [-0.25, -0.2) is 0 Å². The van der Waals surface area contributed by atoms with Gasteiger partial charge >= 0.3 is 0 Å². The molecule has 0 spiro atoms. The van der Waals surface area contributed by atoms with E-state index in [1.807, 2.05) is 12.1 Å². The molecule has 168 valence electrons. The maximum Gasteiger partial charge on any atom is 0.293 e. The topological polar surface area (TPSA) is 86.4 Å². The van der Waals surface area contributed by atoms with Crippen molar-refractivity contribution >= 4 is 33.1 Å². The summed E-state index contributed by atoms with van der Waals surface area (Å²) in [7, 11) is -0.189. The van der Waals surface area contributed by atoms with Crippen LogP contribution < -0.4 is 5.32 Å². The first-order valence-electron chi connectivity index (χ1n) is 10.8. The predicted molar refractivity (Wildman–Crippen MR) is 125 cm³/mol. The number of hydrogen-bond donors (Lipinski definition) is 1. The molecule has 32 heavy (non-hydrogen) atoms. The summed E-state index contributed by atoms with van der Waals surface area (Å²) in [5.41, 5.74) is 4.28. The number of hydrogen-bond acceptors (Lipinski definition) is 4. The number of aliphatic imine (C=N–C) groups is 1. The number of amides is 1. The van der Waals surface area contributed by atoms with E-state index in [9.17, 15) is 13.2 Å². The van der Waals surface area contributed by atoms with E-state index in [-0.39, 0.29) is 17.6 Å². The van der Waals surface area contributed by atoms with Gasteiger partial charge in [-0.1, -0.05) is 24.8 Å². The maximum atomic E-state index is 12.8. The van der Waals surface area contributed by atoms with E-state index in [1.165, 1.54) is 14.2 Å². The number of nitrogens with zero attached hydrogens (tertiary/aromatic N) is 4. The molecule has 4 rings (SSSR count). The highest BCUT2D eigenvalue weighted by molar-refractivity contribution is 7.86. The van der Waals surface area contributed by atoms with Gasteiger partial charge in [-0.15, -0.1) is 4.99 Å². The lowest BCUT2D eigenvalue weighted by Gasteiger charge is -2.36. The van der Waals surface area contributed by atoms with Crippen molar-refractivity contribution < 1.29 is 13.2 Å². The van der Waals surface area contributed by atoms with Gasteiger partial charge in [-0.2, -0.15) is 17.0 Å². The van der Waals surface area contributed by atoms with E-state index in [0.717, 1.165) is 42.5 Å². The van der Waals surface area contributed by atoms with E-state index < -0.39 is 10.2 Å². The van der Waals surface area contributed by atoms with Crippen LogP contribution in [-0.4, -0.2) is 55.8 Å². The summed E-state index contributed by atoms with van der Waals surface area (Å²) in [5.74, 6) is -0.0133. The van der Waals surface area contributed by atoms with Crippen LogP contribution in [0.4, 0.5) is 5.69 Å². The SMILES string of the molecule is [C-]#[N+]C1=CCC(C(=O)Nc2ccc(C3CN(C)S(=O)(=O)N(C)C3)cc2C2=CCCCC2)=N1. The van der Waals surface area contributed by atoms with Crippen LogP contribution >= 0.6 is 0 Å². The Balaban J connectivity index is 1.64. The van der Waals surface area contributed by atoms with E-state index in [4.69, 9.17) is 6.57 Å². The molecule has 0 unspecified atom stereocenters. The minimum absolute atomic E-state index is 0.0332.